The van der Waals surface area contributed by atoms with Crippen LogP contribution >= 0.6 is 25.3 Å². The van der Waals surface area contributed by atoms with Crippen LogP contribution in [0.4, 0.5) is 0 Å². The lowest BCUT2D eigenvalue weighted by Crippen LogP contribution is -2.15. The van der Waals surface area contributed by atoms with Crippen molar-refractivity contribution in [3.8, 4) is 0 Å². The minimum atomic E-state index is 0.498. The highest BCUT2D eigenvalue weighted by Crippen LogP contribution is 2.22. The molecule has 2 unspecified atom stereocenters. The van der Waals surface area contributed by atoms with Gasteiger partial charge in [0.15, 0.2) is 0 Å². The van der Waals surface area contributed by atoms with Gasteiger partial charge in [-0.1, -0.05) is 117 Å². The zero-order chi connectivity index (χ0) is 17.9. The van der Waals surface area contributed by atoms with Crippen molar-refractivity contribution in [2.24, 2.45) is 0 Å². The first-order chi connectivity index (χ1) is 11.7. The van der Waals surface area contributed by atoms with Gasteiger partial charge < -0.3 is 0 Å². The SMILES string of the molecule is CCCCCCCCCCCC(S)C(S)CCCCCCCCC. The molecule has 0 aliphatic carbocycles. The van der Waals surface area contributed by atoms with Gasteiger partial charge in [0.25, 0.3) is 0 Å². The molecule has 0 N–H and O–H groups in total. The van der Waals surface area contributed by atoms with Crippen LogP contribution in [0.3, 0.4) is 0 Å². The molecule has 0 saturated heterocycles. The molecule has 0 aromatic rings. The van der Waals surface area contributed by atoms with Crippen LogP contribution in [0.1, 0.15) is 129 Å². The van der Waals surface area contributed by atoms with Crippen molar-refractivity contribution >= 4 is 25.3 Å². The Bertz CT molecular complexity index is 230. The second-order valence-corrected chi connectivity index (χ2v) is 8.99. The fraction of sp³-hybridized carbons (Fsp3) is 1.00. The molecule has 0 fully saturated rings. The van der Waals surface area contributed by atoms with Gasteiger partial charge in [0.2, 0.25) is 0 Å². The Morgan fingerprint density at radius 3 is 0.958 bits per heavy atom. The van der Waals surface area contributed by atoms with Crippen LogP contribution in [0.2, 0.25) is 0 Å². The molecule has 0 spiro atoms. The molecular weight excluding hydrogens is 328 g/mol. The van der Waals surface area contributed by atoms with E-state index in [0.29, 0.717) is 10.5 Å². The van der Waals surface area contributed by atoms with E-state index < -0.39 is 0 Å². The molecule has 0 bridgehead atoms. The van der Waals surface area contributed by atoms with Gasteiger partial charge >= 0.3 is 0 Å². The lowest BCUT2D eigenvalue weighted by molar-refractivity contribution is 0.535. The Morgan fingerprint density at radius 1 is 0.417 bits per heavy atom. The molecule has 0 nitrogen and oxygen atoms in total. The Morgan fingerprint density at radius 2 is 0.667 bits per heavy atom. The predicted molar refractivity (Wildman–Crippen MR) is 120 cm³/mol. The maximum Gasteiger partial charge on any atom is 0.0133 e. The van der Waals surface area contributed by atoms with Crippen molar-refractivity contribution in [1.82, 2.24) is 0 Å². The highest BCUT2D eigenvalue weighted by Gasteiger charge is 2.13. The molecule has 0 heterocycles. The lowest BCUT2D eigenvalue weighted by Gasteiger charge is -2.18. The molecule has 0 saturated carbocycles. The van der Waals surface area contributed by atoms with Gasteiger partial charge in [0.05, 0.1) is 0 Å². The molecule has 24 heavy (non-hydrogen) atoms. The average Bonchev–Trinajstić information content (AvgIpc) is 2.59. The third-order valence-corrected chi connectivity index (χ3v) is 6.62. The monoisotopic (exact) mass is 374 g/mol. The Hall–Kier alpha value is 0.700. The smallest absolute Gasteiger partial charge is 0.0133 e. The van der Waals surface area contributed by atoms with Gasteiger partial charge in [-0.15, -0.1) is 0 Å². The average molecular weight is 375 g/mol. The predicted octanol–water partition coefficient (Wildman–Crippen LogP) is 8.64. The fourth-order valence-corrected chi connectivity index (χ4v) is 4.02. The maximum absolute atomic E-state index is 4.80. The maximum atomic E-state index is 4.80. The van der Waals surface area contributed by atoms with Crippen molar-refractivity contribution in [2.45, 2.75) is 140 Å². The zero-order valence-electron chi connectivity index (χ0n) is 16.8. The topological polar surface area (TPSA) is 0 Å². The Balaban J connectivity index is 3.32. The second kappa shape index (κ2) is 20.0. The highest BCUT2D eigenvalue weighted by atomic mass is 32.1. The quantitative estimate of drug-likeness (QED) is 0.164. The summed E-state index contributed by atoms with van der Waals surface area (Å²) in [6.45, 7) is 4.57. The first kappa shape index (κ1) is 24.7. The Kier molecular flexibility index (Phi) is 20.6. The van der Waals surface area contributed by atoms with E-state index in [2.05, 4.69) is 13.8 Å². The summed E-state index contributed by atoms with van der Waals surface area (Å²) in [4.78, 5) is 0. The van der Waals surface area contributed by atoms with Gasteiger partial charge in [0.1, 0.15) is 0 Å². The first-order valence-electron chi connectivity index (χ1n) is 11.1. The van der Waals surface area contributed by atoms with Gasteiger partial charge in [0, 0.05) is 10.5 Å². The largest absolute Gasteiger partial charge is 0.175 e. The number of unbranched alkanes of at least 4 members (excludes halogenated alkanes) is 14. The third kappa shape index (κ3) is 17.5. The minimum absolute atomic E-state index is 0.498. The molecule has 0 aromatic carbocycles. The molecule has 0 rings (SSSR count). The summed E-state index contributed by atoms with van der Waals surface area (Å²) in [5.41, 5.74) is 0. The highest BCUT2D eigenvalue weighted by molar-refractivity contribution is 7.85. The molecule has 0 amide bonds. The van der Waals surface area contributed by atoms with E-state index in [1.165, 1.54) is 116 Å². The summed E-state index contributed by atoms with van der Waals surface area (Å²) in [7, 11) is 0. The van der Waals surface area contributed by atoms with E-state index in [1.54, 1.807) is 0 Å². The summed E-state index contributed by atoms with van der Waals surface area (Å²) in [6, 6.07) is 0. The minimum Gasteiger partial charge on any atom is -0.175 e. The van der Waals surface area contributed by atoms with E-state index in [1.807, 2.05) is 0 Å². The number of rotatable bonds is 19. The molecule has 0 aromatic heterocycles. The zero-order valence-corrected chi connectivity index (χ0v) is 18.6. The first-order valence-corrected chi connectivity index (χ1v) is 12.1. The third-order valence-electron chi connectivity index (χ3n) is 5.15. The Labute approximate surface area is 165 Å². The molecule has 0 radical (unpaired) electrons. The second-order valence-electron chi connectivity index (χ2n) is 7.66. The molecule has 146 valence electrons. The van der Waals surface area contributed by atoms with Crippen LogP contribution < -0.4 is 0 Å². The molecule has 2 heteroatoms. The van der Waals surface area contributed by atoms with Crippen molar-refractivity contribution < 1.29 is 0 Å². The summed E-state index contributed by atoms with van der Waals surface area (Å²) in [5, 5.41) is 0.996. The van der Waals surface area contributed by atoms with E-state index in [9.17, 15) is 0 Å². The number of hydrogen-bond acceptors (Lipinski definition) is 2. The molecule has 2 atom stereocenters. The summed E-state index contributed by atoms with van der Waals surface area (Å²) in [5.74, 6) is 0. The molecule has 0 aliphatic heterocycles. The lowest BCUT2D eigenvalue weighted by atomic mass is 10.0. The van der Waals surface area contributed by atoms with Crippen LogP contribution in [0.5, 0.6) is 0 Å². The van der Waals surface area contributed by atoms with Crippen molar-refractivity contribution in [3.05, 3.63) is 0 Å². The van der Waals surface area contributed by atoms with E-state index >= 15 is 0 Å². The molecule has 0 aliphatic rings. The van der Waals surface area contributed by atoms with Gasteiger partial charge in [-0.05, 0) is 12.8 Å². The van der Waals surface area contributed by atoms with Crippen LogP contribution in [0, 0.1) is 0 Å². The standard InChI is InChI=1S/C22H46S2/c1-3-5-7-9-11-12-14-16-18-20-22(24)21(23)19-17-15-13-10-8-6-4-2/h21-24H,3-20H2,1-2H3. The van der Waals surface area contributed by atoms with Crippen LogP contribution in [0.25, 0.3) is 0 Å². The van der Waals surface area contributed by atoms with Crippen LogP contribution in [-0.4, -0.2) is 10.5 Å². The van der Waals surface area contributed by atoms with Gasteiger partial charge in [-0.25, -0.2) is 0 Å². The normalized spacial score (nSPS) is 14.0. The van der Waals surface area contributed by atoms with E-state index in [0.717, 1.165) is 0 Å². The summed E-state index contributed by atoms with van der Waals surface area (Å²) >= 11 is 9.60. The van der Waals surface area contributed by atoms with Gasteiger partial charge in [-0.3, -0.25) is 0 Å². The van der Waals surface area contributed by atoms with Crippen LogP contribution in [-0.2, 0) is 0 Å². The van der Waals surface area contributed by atoms with Crippen LogP contribution in [0.15, 0.2) is 0 Å². The van der Waals surface area contributed by atoms with Crippen molar-refractivity contribution in [2.75, 3.05) is 0 Å². The van der Waals surface area contributed by atoms with E-state index in [-0.39, 0.29) is 0 Å². The van der Waals surface area contributed by atoms with Gasteiger partial charge in [-0.2, -0.15) is 25.3 Å². The van der Waals surface area contributed by atoms with Crippen molar-refractivity contribution in [1.29, 1.82) is 0 Å². The summed E-state index contributed by atoms with van der Waals surface area (Å²) in [6.07, 6.45) is 24.9. The summed E-state index contributed by atoms with van der Waals surface area (Å²) < 4.78 is 0. The number of hydrogen-bond donors (Lipinski definition) is 2. The number of thiol groups is 2. The van der Waals surface area contributed by atoms with Crippen molar-refractivity contribution in [3.63, 3.8) is 0 Å². The molecular formula is C22H46S2. The van der Waals surface area contributed by atoms with E-state index in [4.69, 9.17) is 25.3 Å². The fourth-order valence-electron chi connectivity index (χ4n) is 3.36.